The summed E-state index contributed by atoms with van der Waals surface area (Å²) in [6.07, 6.45) is -19.4. The summed E-state index contributed by atoms with van der Waals surface area (Å²) in [6.45, 7) is 6.64. The van der Waals surface area contributed by atoms with Gasteiger partial charge in [0.2, 0.25) is 11.8 Å². The normalized spacial score (nSPS) is 31.4. The molecule has 3 aliphatic carbocycles. The smallest absolute Gasteiger partial charge is 0.338 e. The molecule has 2 heterocycles. The van der Waals surface area contributed by atoms with Gasteiger partial charge in [0.1, 0.15) is 48.3 Å². The molecule has 3 unspecified atom stereocenters. The van der Waals surface area contributed by atoms with Crippen molar-refractivity contribution in [3.8, 4) is 0 Å². The van der Waals surface area contributed by atoms with Crippen LogP contribution in [0.3, 0.4) is 0 Å². The zero-order chi connectivity index (χ0) is 62.6. The van der Waals surface area contributed by atoms with Crippen LogP contribution in [0, 0.1) is 16.7 Å². The van der Waals surface area contributed by atoms with E-state index in [1.807, 2.05) is 0 Å². The fraction of sp³-hybridized carbons (Fsp3) is 0.525. The highest BCUT2D eigenvalue weighted by molar-refractivity contribution is 5.97. The Morgan fingerprint density at radius 3 is 1.99 bits per heavy atom. The van der Waals surface area contributed by atoms with E-state index in [2.05, 4.69) is 16.0 Å². The molecule has 0 spiro atoms. The average molecular weight is 1200 g/mol. The number of benzene rings is 3. The topological polar surface area (TPSA) is 376 Å². The summed E-state index contributed by atoms with van der Waals surface area (Å²) in [4.78, 5) is 126. The Labute approximate surface area is 494 Å². The molecule has 5 aliphatic rings. The lowest BCUT2D eigenvalue weighted by Gasteiger charge is -2.67. The minimum atomic E-state index is -2.58. The Bertz CT molecular complexity index is 3070. The average Bonchev–Trinajstić information content (AvgIpc) is 0.672. The first-order chi connectivity index (χ1) is 40.7. The van der Waals surface area contributed by atoms with Gasteiger partial charge in [0.25, 0.3) is 5.91 Å². The van der Waals surface area contributed by atoms with Crippen molar-refractivity contribution >= 4 is 53.4 Å². The van der Waals surface area contributed by atoms with Crippen LogP contribution in [-0.2, 0) is 66.7 Å². The SMILES string of the molecule is CC(=O)O[C@H]1C(=O)[C@@]2(C)C(C(OC(=O)c3ccccc3)[C@]3(O)C[C@H](OC(=O)[C@H](O)[C@@H](NC(=O)c4ccccc4)c4ccccc4)C(C)=C1C3(C)C)[C@]1(OC(C)=O)CO[C@@H]1C[C@@H]2OC(=O)CCC(=O)NCCCC(=O)N[C@H]1[C@H](O)[C@@H](CO)OC(O)[C@@H]1O. The number of aliphatic hydroxyl groups is 6. The lowest BCUT2D eigenvalue weighted by Crippen LogP contribution is -2.82. The molecule has 3 aromatic carbocycles. The van der Waals surface area contributed by atoms with E-state index in [1.165, 1.54) is 52.0 Å². The van der Waals surface area contributed by atoms with E-state index in [9.17, 15) is 69.0 Å². The molecule has 3 aromatic rings. The molecule has 9 N–H and O–H groups in total. The number of ketones is 1. The van der Waals surface area contributed by atoms with Crippen molar-refractivity contribution in [1.82, 2.24) is 16.0 Å². The van der Waals surface area contributed by atoms with E-state index < -0.39 is 187 Å². The Balaban J connectivity index is 1.12. The molecular formula is C61H73N3O22. The molecule has 2 bridgehead atoms. The zero-order valence-electron chi connectivity index (χ0n) is 48.2. The molecule has 25 heteroatoms. The van der Waals surface area contributed by atoms with Crippen LogP contribution >= 0.6 is 0 Å². The van der Waals surface area contributed by atoms with E-state index in [0.717, 1.165) is 13.8 Å². The molecule has 2 aliphatic heterocycles. The number of hydrogen-bond donors (Lipinski definition) is 9. The summed E-state index contributed by atoms with van der Waals surface area (Å²) in [6, 6.07) is 20.9. The quantitative estimate of drug-likeness (QED) is 0.0328. The number of esters is 5. The number of nitrogens with one attached hydrogen (secondary N) is 3. The second-order valence-corrected chi connectivity index (χ2v) is 23.1. The van der Waals surface area contributed by atoms with Crippen LogP contribution in [0.5, 0.6) is 0 Å². The molecule has 2 saturated carbocycles. The maximum absolute atomic E-state index is 16.3. The van der Waals surface area contributed by atoms with Gasteiger partial charge in [-0.25, -0.2) is 9.59 Å². The van der Waals surface area contributed by atoms with E-state index in [-0.39, 0.29) is 48.1 Å². The number of Topliss-reactive ketones (excluding diaryl/α,β-unsaturated/α-hetero) is 1. The predicted octanol–water partition coefficient (Wildman–Crippen LogP) is 0.879. The van der Waals surface area contributed by atoms with Gasteiger partial charge in [-0.2, -0.15) is 0 Å². The lowest BCUT2D eigenvalue weighted by atomic mass is 9.44. The van der Waals surface area contributed by atoms with Gasteiger partial charge in [0.15, 0.2) is 29.9 Å². The highest BCUT2D eigenvalue weighted by Gasteiger charge is 2.79. The minimum absolute atomic E-state index is 0.0317. The van der Waals surface area contributed by atoms with Gasteiger partial charge in [0, 0.05) is 57.1 Å². The summed E-state index contributed by atoms with van der Waals surface area (Å²) in [5, 5.41) is 73.9. The standard InChI is InChI=1S/C61H73N3O22/c1-31-37(82-56(77)48(72)45(34-17-10-7-11-18-34)64-54(75)35-19-12-8-13-20-35)28-61(79)53(85-55(76)36-21-14-9-15-22-36)51-59(6,52(74)50(81-32(2)66)44(31)58(61,4)5)39(27-40-60(51,30-80-40)86-33(3)67)84-43(70)25-24-41(68)62-26-16-23-42(69)63-46-47(71)38(29-65)83-57(78)49(46)73/h7-15,17-22,37-40,45-51,53,57,65,71-73,78-79H,16,23-30H2,1-6H3,(H,62,68)(H,63,69)(H,64,75)/t37-,38+,39-,40+,45-,46-,47+,48+,49+,50+,51?,53?,57?,59+,60-,61+/m0/s1. The van der Waals surface area contributed by atoms with Crippen LogP contribution in [0.4, 0.5) is 0 Å². The third-order valence-corrected chi connectivity index (χ3v) is 17.4. The number of carbonyl (C=O) groups is 9. The Kier molecular flexibility index (Phi) is 19.7. The molecule has 2 saturated heterocycles. The summed E-state index contributed by atoms with van der Waals surface area (Å²) >= 11 is 0. The fourth-order valence-corrected chi connectivity index (χ4v) is 12.9. The van der Waals surface area contributed by atoms with E-state index in [1.54, 1.807) is 66.7 Å². The molecule has 3 amide bonds. The fourth-order valence-electron chi connectivity index (χ4n) is 12.9. The van der Waals surface area contributed by atoms with Gasteiger partial charge in [-0.1, -0.05) is 80.6 Å². The molecule has 86 heavy (non-hydrogen) atoms. The van der Waals surface area contributed by atoms with Crippen molar-refractivity contribution in [2.45, 2.75) is 165 Å². The summed E-state index contributed by atoms with van der Waals surface area (Å²) in [7, 11) is 0. The molecule has 0 radical (unpaired) electrons. The number of carbonyl (C=O) groups excluding carboxylic acids is 9. The van der Waals surface area contributed by atoms with Gasteiger partial charge >= 0.3 is 29.8 Å². The van der Waals surface area contributed by atoms with Gasteiger partial charge in [-0.15, -0.1) is 0 Å². The second-order valence-electron chi connectivity index (χ2n) is 23.1. The molecule has 4 fully saturated rings. The van der Waals surface area contributed by atoms with Crippen molar-refractivity contribution < 1.29 is 107 Å². The molecule has 16 atom stereocenters. The van der Waals surface area contributed by atoms with Crippen molar-refractivity contribution in [3.05, 3.63) is 119 Å². The number of rotatable bonds is 20. The predicted molar refractivity (Wildman–Crippen MR) is 295 cm³/mol. The van der Waals surface area contributed by atoms with Crippen LogP contribution in [0.1, 0.15) is 112 Å². The van der Waals surface area contributed by atoms with Crippen LogP contribution < -0.4 is 16.0 Å². The minimum Gasteiger partial charge on any atom is -0.461 e. The maximum atomic E-state index is 16.3. The van der Waals surface area contributed by atoms with E-state index in [0.29, 0.717) is 5.56 Å². The number of fused-ring (bicyclic) bond motifs is 5. The van der Waals surface area contributed by atoms with Crippen molar-refractivity contribution in [2.24, 2.45) is 16.7 Å². The highest BCUT2D eigenvalue weighted by atomic mass is 16.6. The van der Waals surface area contributed by atoms with Crippen LogP contribution in [0.15, 0.2) is 102 Å². The third-order valence-electron chi connectivity index (χ3n) is 17.4. The number of aliphatic hydroxyl groups excluding tert-OH is 5. The summed E-state index contributed by atoms with van der Waals surface area (Å²) < 4.78 is 42.1. The first kappa shape index (κ1) is 64.5. The summed E-state index contributed by atoms with van der Waals surface area (Å²) in [5.41, 5.74) is -8.28. The second kappa shape index (κ2) is 26.2. The van der Waals surface area contributed by atoms with Gasteiger partial charge in [-0.3, -0.25) is 33.6 Å². The Morgan fingerprint density at radius 1 is 0.767 bits per heavy atom. The maximum Gasteiger partial charge on any atom is 0.338 e. The zero-order valence-corrected chi connectivity index (χ0v) is 48.2. The van der Waals surface area contributed by atoms with Crippen LogP contribution in [0.2, 0.25) is 0 Å². The monoisotopic (exact) mass is 1200 g/mol. The summed E-state index contributed by atoms with van der Waals surface area (Å²) in [5.74, 6) is -10.1. The van der Waals surface area contributed by atoms with E-state index in [4.69, 9.17) is 33.2 Å². The van der Waals surface area contributed by atoms with Crippen molar-refractivity contribution in [3.63, 3.8) is 0 Å². The molecular weight excluding hydrogens is 1130 g/mol. The van der Waals surface area contributed by atoms with Gasteiger partial charge in [-0.05, 0) is 61.2 Å². The molecule has 8 rings (SSSR count). The van der Waals surface area contributed by atoms with Crippen molar-refractivity contribution in [2.75, 3.05) is 19.8 Å². The first-order valence-electron chi connectivity index (χ1n) is 28.3. The van der Waals surface area contributed by atoms with Crippen LogP contribution in [0.25, 0.3) is 0 Å². The number of amides is 3. The Hall–Kier alpha value is -7.49. The van der Waals surface area contributed by atoms with E-state index >= 15 is 4.79 Å². The van der Waals surface area contributed by atoms with Gasteiger partial charge in [0.05, 0.1) is 48.6 Å². The molecule has 25 nitrogen and oxygen atoms in total. The Morgan fingerprint density at radius 2 is 1.40 bits per heavy atom. The number of hydrogen-bond acceptors (Lipinski definition) is 22. The van der Waals surface area contributed by atoms with Crippen molar-refractivity contribution in [1.29, 1.82) is 0 Å². The number of ether oxygens (including phenoxy) is 7. The van der Waals surface area contributed by atoms with Crippen LogP contribution in [-0.4, -0.2) is 182 Å². The molecule has 464 valence electrons. The third kappa shape index (κ3) is 12.7. The lowest BCUT2D eigenvalue weighted by molar-refractivity contribution is -0.346. The van der Waals surface area contributed by atoms with Gasteiger partial charge < -0.3 is 79.7 Å². The highest BCUT2D eigenvalue weighted by Crippen LogP contribution is 2.65. The largest absolute Gasteiger partial charge is 0.461 e. The first-order valence-corrected chi connectivity index (χ1v) is 28.3. The molecule has 0 aromatic heterocycles.